The molecule has 0 aromatic heterocycles. The first-order valence-corrected chi connectivity index (χ1v) is 9.65. The lowest BCUT2D eigenvalue weighted by Gasteiger charge is -2.31. The van der Waals surface area contributed by atoms with Gasteiger partial charge in [-0.3, -0.25) is 15.0 Å². The number of likely N-dealkylation sites (N-methyl/N-ethyl adjacent to an activating group) is 1. The number of rotatable bonds is 5. The predicted octanol–water partition coefficient (Wildman–Crippen LogP) is 4.03. The molecule has 0 atom stereocenters. The Kier molecular flexibility index (Phi) is 6.91. The van der Waals surface area contributed by atoms with Crippen LogP contribution in [0.1, 0.15) is 10.4 Å². The molecule has 2 aromatic carbocycles. The standard InChI is InChI=1S/C20H21Cl2N3O3/c1-24-8-10-25(11-9-24)13-18(26)14-4-2-5-15(12-14)28-20(27)23-17-7-3-6-16(21)19(17)22/h2-7,12H,8-11,13H2,1H3,(H,23,27). The van der Waals surface area contributed by atoms with Crippen LogP contribution in [0.3, 0.4) is 0 Å². The Morgan fingerprint density at radius 3 is 2.54 bits per heavy atom. The SMILES string of the molecule is CN1CCN(CC(=O)c2cccc(OC(=O)Nc3cccc(Cl)c3Cl)c2)CC1. The first kappa shape index (κ1) is 20.6. The van der Waals surface area contributed by atoms with Crippen molar-refractivity contribution in [3.63, 3.8) is 0 Å². The molecule has 8 heteroatoms. The maximum Gasteiger partial charge on any atom is 0.417 e. The summed E-state index contributed by atoms with van der Waals surface area (Å²) < 4.78 is 5.28. The summed E-state index contributed by atoms with van der Waals surface area (Å²) in [4.78, 5) is 29.1. The third kappa shape index (κ3) is 5.45. The van der Waals surface area contributed by atoms with Gasteiger partial charge in [0.1, 0.15) is 5.75 Å². The molecule has 0 saturated carbocycles. The summed E-state index contributed by atoms with van der Waals surface area (Å²) in [6.45, 7) is 3.97. The number of amides is 1. The van der Waals surface area contributed by atoms with Crippen molar-refractivity contribution in [2.75, 3.05) is 45.1 Å². The van der Waals surface area contributed by atoms with Gasteiger partial charge < -0.3 is 9.64 Å². The lowest BCUT2D eigenvalue weighted by atomic mass is 10.1. The number of halogens is 2. The van der Waals surface area contributed by atoms with E-state index in [1.165, 1.54) is 0 Å². The van der Waals surface area contributed by atoms with Gasteiger partial charge in [-0.05, 0) is 31.3 Å². The van der Waals surface area contributed by atoms with Crippen molar-refractivity contribution in [3.8, 4) is 5.75 Å². The Morgan fingerprint density at radius 1 is 1.07 bits per heavy atom. The van der Waals surface area contributed by atoms with Gasteiger partial charge in [-0.15, -0.1) is 0 Å². The molecule has 3 rings (SSSR count). The summed E-state index contributed by atoms with van der Waals surface area (Å²) in [7, 11) is 2.07. The van der Waals surface area contributed by atoms with E-state index in [1.54, 1.807) is 42.5 Å². The molecule has 1 saturated heterocycles. The van der Waals surface area contributed by atoms with E-state index in [4.69, 9.17) is 27.9 Å². The van der Waals surface area contributed by atoms with E-state index in [0.717, 1.165) is 26.2 Å². The third-order valence-corrected chi connectivity index (χ3v) is 5.34. The number of benzene rings is 2. The minimum Gasteiger partial charge on any atom is -0.410 e. The molecule has 1 aliphatic heterocycles. The highest BCUT2D eigenvalue weighted by Gasteiger charge is 2.18. The Morgan fingerprint density at radius 2 is 1.79 bits per heavy atom. The number of hydrogen-bond acceptors (Lipinski definition) is 5. The van der Waals surface area contributed by atoms with Gasteiger partial charge in [-0.25, -0.2) is 4.79 Å². The average Bonchev–Trinajstić information content (AvgIpc) is 2.67. The summed E-state index contributed by atoms with van der Waals surface area (Å²) in [5.41, 5.74) is 0.853. The van der Waals surface area contributed by atoms with E-state index < -0.39 is 6.09 Å². The number of nitrogens with one attached hydrogen (secondary N) is 1. The Labute approximate surface area is 174 Å². The smallest absolute Gasteiger partial charge is 0.410 e. The molecular formula is C20H21Cl2N3O3. The fourth-order valence-corrected chi connectivity index (χ4v) is 3.22. The van der Waals surface area contributed by atoms with E-state index in [0.29, 0.717) is 22.8 Å². The molecule has 6 nitrogen and oxygen atoms in total. The number of ether oxygens (including phenoxy) is 1. The number of Topliss-reactive ketones (excluding diaryl/α,β-unsaturated/α-hetero) is 1. The van der Waals surface area contributed by atoms with Gasteiger partial charge >= 0.3 is 6.09 Å². The lowest BCUT2D eigenvalue weighted by molar-refractivity contribution is 0.0876. The van der Waals surface area contributed by atoms with E-state index in [2.05, 4.69) is 22.2 Å². The van der Waals surface area contributed by atoms with Crippen LogP contribution in [0.4, 0.5) is 10.5 Å². The molecule has 1 N–H and O–H groups in total. The van der Waals surface area contributed by atoms with E-state index in [9.17, 15) is 9.59 Å². The summed E-state index contributed by atoms with van der Waals surface area (Å²) in [5.74, 6) is 0.271. The van der Waals surface area contributed by atoms with Crippen molar-refractivity contribution in [1.82, 2.24) is 9.80 Å². The molecule has 1 aliphatic rings. The summed E-state index contributed by atoms with van der Waals surface area (Å²) in [6, 6.07) is 11.5. The number of carbonyl (C=O) groups excluding carboxylic acids is 2. The predicted molar refractivity (Wildman–Crippen MR) is 111 cm³/mol. The second-order valence-electron chi connectivity index (χ2n) is 6.65. The zero-order valence-electron chi connectivity index (χ0n) is 15.5. The fraction of sp³-hybridized carbons (Fsp3) is 0.300. The highest BCUT2D eigenvalue weighted by Crippen LogP contribution is 2.29. The van der Waals surface area contributed by atoms with Crippen molar-refractivity contribution in [2.24, 2.45) is 0 Å². The minimum atomic E-state index is -0.715. The fourth-order valence-electron chi connectivity index (χ4n) is 2.88. The van der Waals surface area contributed by atoms with Crippen LogP contribution in [0.2, 0.25) is 10.0 Å². The molecule has 2 aromatic rings. The molecule has 148 valence electrons. The Bertz CT molecular complexity index is 868. The van der Waals surface area contributed by atoms with Gasteiger partial charge in [0, 0.05) is 31.7 Å². The number of ketones is 1. The maximum absolute atomic E-state index is 12.6. The van der Waals surface area contributed by atoms with Gasteiger partial charge in [0.15, 0.2) is 5.78 Å². The van der Waals surface area contributed by atoms with Crippen LogP contribution in [-0.2, 0) is 0 Å². The third-order valence-electron chi connectivity index (χ3n) is 4.52. The van der Waals surface area contributed by atoms with Crippen LogP contribution in [0, 0.1) is 0 Å². The second-order valence-corrected chi connectivity index (χ2v) is 7.43. The van der Waals surface area contributed by atoms with Crippen LogP contribution in [0.5, 0.6) is 5.75 Å². The summed E-state index contributed by atoms with van der Waals surface area (Å²) in [6.07, 6.45) is -0.715. The lowest BCUT2D eigenvalue weighted by Crippen LogP contribution is -2.46. The van der Waals surface area contributed by atoms with E-state index in [-0.39, 0.29) is 16.6 Å². The quantitative estimate of drug-likeness (QED) is 0.738. The topological polar surface area (TPSA) is 61.9 Å². The molecule has 1 heterocycles. The van der Waals surface area contributed by atoms with Crippen molar-refractivity contribution in [1.29, 1.82) is 0 Å². The summed E-state index contributed by atoms with van der Waals surface area (Å²) >= 11 is 12.0. The minimum absolute atomic E-state index is 0.00621. The molecular weight excluding hydrogens is 401 g/mol. The molecule has 0 bridgehead atoms. The Balaban J connectivity index is 1.60. The Hall–Kier alpha value is -2.12. The molecule has 0 aliphatic carbocycles. The number of anilines is 1. The normalized spacial score (nSPS) is 15.2. The average molecular weight is 422 g/mol. The molecule has 28 heavy (non-hydrogen) atoms. The molecule has 0 radical (unpaired) electrons. The molecule has 0 unspecified atom stereocenters. The van der Waals surface area contributed by atoms with Crippen LogP contribution in [0.25, 0.3) is 0 Å². The van der Waals surface area contributed by atoms with Crippen LogP contribution in [-0.4, -0.2) is 61.4 Å². The van der Waals surface area contributed by atoms with Crippen molar-refractivity contribution < 1.29 is 14.3 Å². The highest BCUT2D eigenvalue weighted by atomic mass is 35.5. The largest absolute Gasteiger partial charge is 0.417 e. The maximum atomic E-state index is 12.6. The number of carbonyl (C=O) groups is 2. The van der Waals surface area contributed by atoms with Crippen LogP contribution >= 0.6 is 23.2 Å². The van der Waals surface area contributed by atoms with E-state index in [1.807, 2.05) is 0 Å². The van der Waals surface area contributed by atoms with Crippen LogP contribution < -0.4 is 10.1 Å². The monoisotopic (exact) mass is 421 g/mol. The summed E-state index contributed by atoms with van der Waals surface area (Å²) in [5, 5.41) is 3.11. The number of piperazine rings is 1. The van der Waals surface area contributed by atoms with Crippen molar-refractivity contribution in [2.45, 2.75) is 0 Å². The first-order chi connectivity index (χ1) is 13.4. The van der Waals surface area contributed by atoms with Crippen molar-refractivity contribution >= 4 is 40.8 Å². The van der Waals surface area contributed by atoms with Gasteiger partial charge in [0.2, 0.25) is 0 Å². The van der Waals surface area contributed by atoms with Crippen LogP contribution in [0.15, 0.2) is 42.5 Å². The molecule has 1 amide bonds. The van der Waals surface area contributed by atoms with Gasteiger partial charge in [0.05, 0.1) is 22.3 Å². The van der Waals surface area contributed by atoms with Gasteiger partial charge in [0.25, 0.3) is 0 Å². The van der Waals surface area contributed by atoms with E-state index >= 15 is 0 Å². The highest BCUT2D eigenvalue weighted by molar-refractivity contribution is 6.43. The molecule has 0 spiro atoms. The zero-order chi connectivity index (χ0) is 20.1. The first-order valence-electron chi connectivity index (χ1n) is 8.89. The second kappa shape index (κ2) is 9.39. The zero-order valence-corrected chi connectivity index (χ0v) is 17.0. The number of hydrogen-bond donors (Lipinski definition) is 1. The number of nitrogens with zero attached hydrogens (tertiary/aromatic N) is 2. The molecule has 1 fully saturated rings. The van der Waals surface area contributed by atoms with Gasteiger partial charge in [-0.1, -0.05) is 41.4 Å². The van der Waals surface area contributed by atoms with Crippen molar-refractivity contribution in [3.05, 3.63) is 58.1 Å². The van der Waals surface area contributed by atoms with Gasteiger partial charge in [-0.2, -0.15) is 0 Å².